The Bertz CT molecular complexity index is 675. The molecule has 1 amide bonds. The van der Waals surface area contributed by atoms with Crippen molar-refractivity contribution in [3.05, 3.63) is 59.4 Å². The van der Waals surface area contributed by atoms with Gasteiger partial charge in [0, 0.05) is 12.7 Å². The molecule has 0 saturated heterocycles. The Hall–Kier alpha value is -2.44. The van der Waals surface area contributed by atoms with Gasteiger partial charge in [0.05, 0.1) is 0 Å². The molecule has 0 saturated carbocycles. The molecule has 0 aliphatic carbocycles. The van der Waals surface area contributed by atoms with Crippen molar-refractivity contribution in [3.63, 3.8) is 0 Å². The smallest absolute Gasteiger partial charge is 0.311 e. The number of halogens is 4. The molecule has 2 aromatic rings. The number of benzene rings is 1. The minimum absolute atomic E-state index is 0.0595. The monoisotopic (exact) mass is 299 g/mol. The minimum Gasteiger partial charge on any atom is -0.311 e. The highest BCUT2D eigenvalue weighted by Gasteiger charge is 2.35. The first-order valence-corrected chi connectivity index (χ1v) is 5.91. The SMILES string of the molecule is CN(C(=O)c1c(F)c(F)[n+](C)c(F)c1F)c1ccccc1. The Morgan fingerprint density at radius 3 is 1.95 bits per heavy atom. The number of hydrogen-bond acceptors (Lipinski definition) is 1. The molecule has 0 unspecified atom stereocenters. The molecule has 0 aliphatic rings. The van der Waals surface area contributed by atoms with Crippen LogP contribution in [0.5, 0.6) is 0 Å². The molecule has 7 heteroatoms. The lowest BCUT2D eigenvalue weighted by atomic mass is 10.2. The average Bonchev–Trinajstić information content (AvgIpc) is 2.51. The molecule has 3 nitrogen and oxygen atoms in total. The lowest BCUT2D eigenvalue weighted by Crippen LogP contribution is -2.42. The highest BCUT2D eigenvalue weighted by atomic mass is 19.2. The lowest BCUT2D eigenvalue weighted by Gasteiger charge is -2.17. The molecular weight excluding hydrogens is 288 g/mol. The van der Waals surface area contributed by atoms with Crippen LogP contribution in [0.3, 0.4) is 0 Å². The minimum atomic E-state index is -1.73. The van der Waals surface area contributed by atoms with Crippen molar-refractivity contribution >= 4 is 11.6 Å². The Kier molecular flexibility index (Phi) is 3.93. The molecule has 0 atom stereocenters. The molecule has 1 heterocycles. The Morgan fingerprint density at radius 2 is 1.48 bits per heavy atom. The highest BCUT2D eigenvalue weighted by molar-refractivity contribution is 6.05. The number of anilines is 1. The standard InChI is InChI=1S/C14H11F4N2O/c1-19(8-6-4-3-5-7-8)14(21)9-10(15)12(17)20(2)13(18)11(9)16/h3-7H,1-2H3/q+1. The topological polar surface area (TPSA) is 24.2 Å². The van der Waals surface area contributed by atoms with Crippen LogP contribution in [0.4, 0.5) is 23.2 Å². The third-order valence-corrected chi connectivity index (χ3v) is 3.05. The van der Waals surface area contributed by atoms with Gasteiger partial charge in [-0.1, -0.05) is 18.2 Å². The van der Waals surface area contributed by atoms with Crippen LogP contribution in [0.15, 0.2) is 30.3 Å². The van der Waals surface area contributed by atoms with Gasteiger partial charge in [0.1, 0.15) is 12.6 Å². The Labute approximate surface area is 118 Å². The zero-order valence-electron chi connectivity index (χ0n) is 11.2. The van der Waals surface area contributed by atoms with E-state index in [2.05, 4.69) is 0 Å². The zero-order valence-corrected chi connectivity index (χ0v) is 11.2. The largest absolute Gasteiger partial charge is 0.399 e. The van der Waals surface area contributed by atoms with Crippen LogP contribution >= 0.6 is 0 Å². The summed E-state index contributed by atoms with van der Waals surface area (Å²) in [5.74, 6) is -7.96. The van der Waals surface area contributed by atoms with E-state index >= 15 is 0 Å². The maximum Gasteiger partial charge on any atom is 0.399 e. The van der Waals surface area contributed by atoms with E-state index in [1.165, 1.54) is 19.2 Å². The molecule has 0 N–H and O–H groups in total. The highest BCUT2D eigenvalue weighted by Crippen LogP contribution is 2.20. The van der Waals surface area contributed by atoms with Gasteiger partial charge in [0.25, 0.3) is 5.91 Å². The number of amides is 1. The molecule has 1 aromatic heterocycles. The number of carbonyl (C=O) groups excluding carboxylic acids is 1. The zero-order chi connectivity index (χ0) is 15.7. The van der Waals surface area contributed by atoms with Gasteiger partial charge in [-0.05, 0) is 12.1 Å². The summed E-state index contributed by atoms with van der Waals surface area (Å²) in [5.41, 5.74) is -0.940. The van der Waals surface area contributed by atoms with Crippen LogP contribution in [-0.4, -0.2) is 13.0 Å². The summed E-state index contributed by atoms with van der Waals surface area (Å²) in [5, 5.41) is 0. The first-order chi connectivity index (χ1) is 9.86. The summed E-state index contributed by atoms with van der Waals surface area (Å²) in [6, 6.07) is 7.94. The Morgan fingerprint density at radius 1 is 1.00 bits per heavy atom. The normalized spacial score (nSPS) is 10.6. The van der Waals surface area contributed by atoms with Crippen molar-refractivity contribution in [2.45, 2.75) is 0 Å². The molecule has 0 spiro atoms. The lowest BCUT2D eigenvalue weighted by molar-refractivity contribution is -0.730. The maximum absolute atomic E-state index is 13.8. The summed E-state index contributed by atoms with van der Waals surface area (Å²) in [6.45, 7) is 0. The van der Waals surface area contributed by atoms with E-state index in [4.69, 9.17) is 0 Å². The van der Waals surface area contributed by atoms with Crippen LogP contribution in [-0.2, 0) is 7.05 Å². The van der Waals surface area contributed by atoms with Crippen molar-refractivity contribution in [3.8, 4) is 0 Å². The van der Waals surface area contributed by atoms with Crippen molar-refractivity contribution in [1.82, 2.24) is 0 Å². The van der Waals surface area contributed by atoms with Crippen LogP contribution in [0.2, 0.25) is 0 Å². The second-order valence-corrected chi connectivity index (χ2v) is 4.34. The molecule has 21 heavy (non-hydrogen) atoms. The van der Waals surface area contributed by atoms with Gasteiger partial charge in [-0.25, -0.2) is 0 Å². The quantitative estimate of drug-likeness (QED) is 0.474. The van der Waals surface area contributed by atoms with Crippen LogP contribution in [0.25, 0.3) is 0 Å². The summed E-state index contributed by atoms with van der Waals surface area (Å²) in [4.78, 5) is 13.0. The number of nitrogens with zero attached hydrogens (tertiary/aromatic N) is 2. The maximum atomic E-state index is 13.8. The fourth-order valence-corrected chi connectivity index (χ4v) is 1.81. The van der Waals surface area contributed by atoms with Crippen molar-refractivity contribution < 1.29 is 26.9 Å². The van der Waals surface area contributed by atoms with Crippen molar-refractivity contribution in [2.24, 2.45) is 7.05 Å². The summed E-state index contributed by atoms with van der Waals surface area (Å²) in [7, 11) is 2.06. The fraction of sp³-hybridized carbons (Fsp3) is 0.143. The number of hydrogen-bond donors (Lipinski definition) is 0. The molecule has 110 valence electrons. The number of carbonyl (C=O) groups is 1. The third-order valence-electron chi connectivity index (χ3n) is 3.05. The van der Waals surface area contributed by atoms with Crippen LogP contribution in [0, 0.1) is 23.5 Å². The first kappa shape index (κ1) is 15.0. The summed E-state index contributed by atoms with van der Waals surface area (Å²) in [6.07, 6.45) is 0. The molecule has 1 aromatic carbocycles. The van der Waals surface area contributed by atoms with Gasteiger partial charge in [0.15, 0.2) is 0 Å². The first-order valence-electron chi connectivity index (χ1n) is 5.91. The van der Waals surface area contributed by atoms with Crippen molar-refractivity contribution in [2.75, 3.05) is 11.9 Å². The van der Waals surface area contributed by atoms with Gasteiger partial charge in [-0.2, -0.15) is 8.78 Å². The predicted octanol–water partition coefficient (Wildman–Crippen LogP) is 2.34. The molecule has 2 rings (SSSR count). The van der Waals surface area contributed by atoms with Crippen molar-refractivity contribution in [1.29, 1.82) is 0 Å². The number of pyridine rings is 1. The number of para-hydroxylation sites is 1. The summed E-state index contributed by atoms with van der Waals surface area (Å²) >= 11 is 0. The van der Waals surface area contributed by atoms with Crippen LogP contribution < -0.4 is 9.47 Å². The second kappa shape index (κ2) is 5.51. The second-order valence-electron chi connectivity index (χ2n) is 4.34. The average molecular weight is 299 g/mol. The molecule has 0 aliphatic heterocycles. The van der Waals surface area contributed by atoms with E-state index in [9.17, 15) is 22.4 Å². The molecule has 0 fully saturated rings. The predicted molar refractivity (Wildman–Crippen MR) is 66.6 cm³/mol. The molecule has 0 bridgehead atoms. The van der Waals surface area contributed by atoms with Gasteiger partial charge >= 0.3 is 11.9 Å². The molecule has 0 radical (unpaired) electrons. The fourth-order valence-electron chi connectivity index (χ4n) is 1.81. The van der Waals surface area contributed by atoms with E-state index in [0.717, 1.165) is 11.9 Å². The van der Waals surface area contributed by atoms with Gasteiger partial charge in [0.2, 0.25) is 11.6 Å². The van der Waals surface area contributed by atoms with E-state index in [-0.39, 0.29) is 4.57 Å². The summed E-state index contributed by atoms with van der Waals surface area (Å²) < 4.78 is 54.6. The van der Waals surface area contributed by atoms with E-state index in [1.807, 2.05) is 0 Å². The Balaban J connectivity index is 2.55. The van der Waals surface area contributed by atoms with Gasteiger partial charge in [-0.3, -0.25) is 4.79 Å². The number of rotatable bonds is 2. The number of aromatic nitrogens is 1. The van der Waals surface area contributed by atoms with E-state index < -0.39 is 35.0 Å². The van der Waals surface area contributed by atoms with Crippen LogP contribution in [0.1, 0.15) is 10.4 Å². The van der Waals surface area contributed by atoms with E-state index in [0.29, 0.717) is 5.69 Å². The van der Waals surface area contributed by atoms with E-state index in [1.54, 1.807) is 18.2 Å². The van der Waals surface area contributed by atoms with Gasteiger partial charge in [-0.15, -0.1) is 13.3 Å². The van der Waals surface area contributed by atoms with Gasteiger partial charge < -0.3 is 4.90 Å². The molecular formula is C14H11F4N2O+. The third kappa shape index (κ3) is 2.46.